The summed E-state index contributed by atoms with van der Waals surface area (Å²) in [5, 5.41) is 15.1. The molecule has 5 aromatic rings. The second kappa shape index (κ2) is 12.5. The van der Waals surface area contributed by atoms with Crippen LogP contribution in [-0.2, 0) is 25.1 Å². The van der Waals surface area contributed by atoms with E-state index < -0.39 is 5.97 Å². The fourth-order valence-corrected chi connectivity index (χ4v) is 5.93. The van der Waals surface area contributed by atoms with Crippen molar-refractivity contribution >= 4 is 16.9 Å². The van der Waals surface area contributed by atoms with Crippen molar-refractivity contribution < 1.29 is 19.4 Å². The van der Waals surface area contributed by atoms with E-state index in [4.69, 9.17) is 24.7 Å². The Hall–Kier alpha value is -4.65. The van der Waals surface area contributed by atoms with Gasteiger partial charge in [0.15, 0.2) is 0 Å². The molecule has 0 aliphatic heterocycles. The lowest BCUT2D eigenvalue weighted by molar-refractivity contribution is -0.138. The number of ether oxygens (including phenoxy) is 2. The molecule has 0 radical (unpaired) electrons. The third-order valence-corrected chi connectivity index (χ3v) is 8.19. The topological polar surface area (TPSA) is 86.5 Å². The number of nitrogens with zero attached hydrogens (tertiary/aromatic N) is 3. The zero-order valence-corrected chi connectivity index (χ0v) is 23.8. The highest BCUT2D eigenvalue weighted by atomic mass is 16.5. The molecule has 1 fully saturated rings. The number of carboxylic acid groups (broad SMARTS) is 1. The maximum Gasteiger partial charge on any atom is 0.303 e. The van der Waals surface area contributed by atoms with Gasteiger partial charge in [-0.3, -0.25) is 9.48 Å². The van der Waals surface area contributed by atoms with Crippen LogP contribution in [0.15, 0.2) is 91.0 Å². The van der Waals surface area contributed by atoms with Crippen LogP contribution in [0.25, 0.3) is 22.2 Å². The van der Waals surface area contributed by atoms with Crippen molar-refractivity contribution in [1.29, 1.82) is 0 Å². The van der Waals surface area contributed by atoms with Crippen LogP contribution in [0.2, 0.25) is 0 Å². The smallest absolute Gasteiger partial charge is 0.303 e. The summed E-state index contributed by atoms with van der Waals surface area (Å²) in [5.74, 6) is 0.995. The summed E-state index contributed by atoms with van der Waals surface area (Å²) in [6, 6.07) is 30.5. The van der Waals surface area contributed by atoms with E-state index in [0.717, 1.165) is 59.0 Å². The number of hydrogen-bond donors (Lipinski definition) is 1. The van der Waals surface area contributed by atoms with Crippen LogP contribution in [0.4, 0.5) is 0 Å². The van der Waals surface area contributed by atoms with E-state index in [0.29, 0.717) is 30.9 Å². The van der Waals surface area contributed by atoms with Gasteiger partial charge in [-0.25, -0.2) is 0 Å². The number of rotatable bonds is 10. The van der Waals surface area contributed by atoms with Gasteiger partial charge in [-0.15, -0.1) is 0 Å². The van der Waals surface area contributed by atoms with E-state index in [9.17, 15) is 4.79 Å². The third kappa shape index (κ3) is 6.30. The van der Waals surface area contributed by atoms with Gasteiger partial charge in [0.2, 0.25) is 11.8 Å². The highest BCUT2D eigenvalue weighted by molar-refractivity contribution is 5.95. The molecule has 6 rings (SSSR count). The van der Waals surface area contributed by atoms with Crippen LogP contribution in [0.1, 0.15) is 54.7 Å². The predicted molar refractivity (Wildman–Crippen MR) is 162 cm³/mol. The molecule has 0 bridgehead atoms. The average molecular weight is 562 g/mol. The summed E-state index contributed by atoms with van der Waals surface area (Å²) in [5.41, 5.74) is 6.08. The number of fused-ring (bicyclic) bond motifs is 1. The summed E-state index contributed by atoms with van der Waals surface area (Å²) in [4.78, 5) is 15.9. The van der Waals surface area contributed by atoms with Crippen molar-refractivity contribution in [2.24, 2.45) is 13.0 Å². The van der Waals surface area contributed by atoms with Crippen LogP contribution in [0.5, 0.6) is 11.8 Å². The Kier molecular flexibility index (Phi) is 8.17. The molecule has 7 nitrogen and oxygen atoms in total. The van der Waals surface area contributed by atoms with Crippen molar-refractivity contribution in [2.45, 2.75) is 51.2 Å². The number of carboxylic acids is 1. The second-order valence-electron chi connectivity index (χ2n) is 11.1. The highest BCUT2D eigenvalue weighted by Crippen LogP contribution is 2.40. The lowest BCUT2D eigenvalue weighted by Crippen LogP contribution is -2.16. The standard InChI is InChI=1S/C35H35N3O4/c1-38-31-21-28(27-14-12-24(13-15-27)20-33(39)40)16-17-29(31)34(37-38)30-18-19-32(41-22-25-8-4-2-5-9-25)36-35(30)42-23-26-10-6-3-7-11-26/h2-11,16-19,21,24,27H,12-15,20,22-23H2,1H3,(H,39,40)/t24-,27-. The molecule has 0 unspecified atom stereocenters. The zero-order valence-electron chi connectivity index (χ0n) is 23.8. The van der Waals surface area contributed by atoms with E-state index in [1.807, 2.05) is 84.5 Å². The molecule has 3 aromatic carbocycles. The summed E-state index contributed by atoms with van der Waals surface area (Å²) >= 11 is 0. The van der Waals surface area contributed by atoms with Gasteiger partial charge in [-0.05, 0) is 66.3 Å². The normalized spacial score (nSPS) is 16.8. The number of aliphatic carboxylic acids is 1. The average Bonchev–Trinajstić information content (AvgIpc) is 3.35. The molecule has 7 heteroatoms. The minimum atomic E-state index is -0.695. The second-order valence-corrected chi connectivity index (χ2v) is 11.1. The lowest BCUT2D eigenvalue weighted by Gasteiger charge is -2.28. The van der Waals surface area contributed by atoms with Gasteiger partial charge in [0, 0.05) is 24.9 Å². The number of aryl methyl sites for hydroxylation is 1. The molecule has 1 aliphatic carbocycles. The molecule has 2 heterocycles. The summed E-state index contributed by atoms with van der Waals surface area (Å²) in [6.07, 6.45) is 4.21. The summed E-state index contributed by atoms with van der Waals surface area (Å²) in [6.45, 7) is 0.793. The Morgan fingerprint density at radius 3 is 2.19 bits per heavy atom. The molecule has 1 saturated carbocycles. The molecule has 42 heavy (non-hydrogen) atoms. The highest BCUT2D eigenvalue weighted by Gasteiger charge is 2.25. The van der Waals surface area contributed by atoms with Crippen LogP contribution in [0.3, 0.4) is 0 Å². The van der Waals surface area contributed by atoms with Gasteiger partial charge in [0.05, 0.1) is 11.1 Å². The maximum absolute atomic E-state index is 11.1. The number of aromatic nitrogens is 3. The SMILES string of the molecule is Cn1nc(-c2ccc(OCc3ccccc3)nc2OCc2ccccc2)c2ccc([C@H]3CC[C@H](CC(=O)O)CC3)cc21. The molecule has 0 saturated heterocycles. The van der Waals surface area contributed by atoms with E-state index in [1.165, 1.54) is 5.56 Å². The van der Waals surface area contributed by atoms with Gasteiger partial charge in [0.1, 0.15) is 18.9 Å². The van der Waals surface area contributed by atoms with E-state index in [2.05, 4.69) is 18.2 Å². The molecule has 0 amide bonds. The molecule has 1 N–H and O–H groups in total. The van der Waals surface area contributed by atoms with Gasteiger partial charge in [0.25, 0.3) is 0 Å². The summed E-state index contributed by atoms with van der Waals surface area (Å²) in [7, 11) is 1.97. The zero-order chi connectivity index (χ0) is 28.9. The fourth-order valence-electron chi connectivity index (χ4n) is 5.93. The van der Waals surface area contributed by atoms with Gasteiger partial charge >= 0.3 is 5.97 Å². The first kappa shape index (κ1) is 27.5. The van der Waals surface area contributed by atoms with Gasteiger partial charge in [-0.1, -0.05) is 72.8 Å². The van der Waals surface area contributed by atoms with Crippen LogP contribution < -0.4 is 9.47 Å². The maximum atomic E-state index is 11.1. The number of hydrogen-bond acceptors (Lipinski definition) is 5. The minimum Gasteiger partial charge on any atom is -0.481 e. The Balaban J connectivity index is 1.28. The molecule has 2 aromatic heterocycles. The summed E-state index contributed by atoms with van der Waals surface area (Å²) < 4.78 is 14.3. The molecule has 1 aliphatic rings. The molecule has 214 valence electrons. The Bertz CT molecular complexity index is 1660. The first-order valence-electron chi connectivity index (χ1n) is 14.6. The largest absolute Gasteiger partial charge is 0.481 e. The molecule has 0 atom stereocenters. The quantitative estimate of drug-likeness (QED) is 0.190. The first-order valence-corrected chi connectivity index (χ1v) is 14.6. The van der Waals surface area contributed by atoms with Crippen LogP contribution in [0, 0.1) is 5.92 Å². The van der Waals surface area contributed by atoms with Crippen molar-refractivity contribution in [3.05, 3.63) is 108 Å². The van der Waals surface area contributed by atoms with Crippen LogP contribution >= 0.6 is 0 Å². The van der Waals surface area contributed by atoms with E-state index >= 15 is 0 Å². The van der Waals surface area contributed by atoms with Crippen molar-refractivity contribution in [3.8, 4) is 23.0 Å². The van der Waals surface area contributed by atoms with Crippen molar-refractivity contribution in [2.75, 3.05) is 0 Å². The first-order chi connectivity index (χ1) is 20.5. The van der Waals surface area contributed by atoms with Gasteiger partial charge in [-0.2, -0.15) is 10.1 Å². The monoisotopic (exact) mass is 561 g/mol. The van der Waals surface area contributed by atoms with E-state index in [1.54, 1.807) is 0 Å². The minimum absolute atomic E-state index is 0.273. The number of carbonyl (C=O) groups is 1. The number of benzene rings is 3. The number of pyridine rings is 1. The Labute approximate surface area is 245 Å². The molecule has 0 spiro atoms. The molecular weight excluding hydrogens is 526 g/mol. The lowest BCUT2D eigenvalue weighted by atomic mass is 9.77. The van der Waals surface area contributed by atoms with Crippen LogP contribution in [-0.4, -0.2) is 25.8 Å². The van der Waals surface area contributed by atoms with Gasteiger partial charge < -0.3 is 14.6 Å². The fraction of sp³-hybridized carbons (Fsp3) is 0.286. The Morgan fingerprint density at radius 1 is 0.857 bits per heavy atom. The van der Waals surface area contributed by atoms with Crippen molar-refractivity contribution in [1.82, 2.24) is 14.8 Å². The van der Waals surface area contributed by atoms with E-state index in [-0.39, 0.29) is 12.3 Å². The van der Waals surface area contributed by atoms with Crippen molar-refractivity contribution in [3.63, 3.8) is 0 Å². The third-order valence-electron chi connectivity index (χ3n) is 8.19. The Morgan fingerprint density at radius 2 is 1.52 bits per heavy atom. The molecular formula is C35H35N3O4. The predicted octanol–water partition coefficient (Wildman–Crippen LogP) is 7.54.